The fourth-order valence-corrected chi connectivity index (χ4v) is 0.659. The van der Waals surface area contributed by atoms with Crippen LogP contribution in [0.1, 0.15) is 5.56 Å². The van der Waals surface area contributed by atoms with Crippen LogP contribution in [0.3, 0.4) is 0 Å². The predicted molar refractivity (Wildman–Crippen MR) is 53.3 cm³/mol. The molecule has 3 nitrogen and oxygen atoms in total. The van der Waals surface area contributed by atoms with Gasteiger partial charge in [-0.25, -0.2) is 0 Å². The molecule has 0 aliphatic heterocycles. The zero-order chi connectivity index (χ0) is 12.0. The molecule has 0 heterocycles. The average Bonchev–Trinajstić information content (AvgIpc) is 2.31. The predicted octanol–water partition coefficient (Wildman–Crippen LogP) is 1.45. The summed E-state index contributed by atoms with van der Waals surface area (Å²) in [6.45, 7) is 15.5. The second kappa shape index (κ2) is 23.1. The van der Waals surface area contributed by atoms with Crippen molar-refractivity contribution in [1.29, 1.82) is 0 Å². The van der Waals surface area contributed by atoms with Gasteiger partial charge in [0.05, 0.1) is 0 Å². The number of hydrogen-bond acceptors (Lipinski definition) is 3. The number of rotatable bonds is 0. The van der Waals surface area contributed by atoms with Gasteiger partial charge in [-0.1, -0.05) is 29.3 Å². The maximum Gasteiger partial charge on any atom is 0.281 e. The van der Waals surface area contributed by atoms with E-state index in [1.165, 1.54) is 5.56 Å². The van der Waals surface area contributed by atoms with Gasteiger partial charge in [-0.15, -0.1) is 0 Å². The summed E-state index contributed by atoms with van der Waals surface area (Å²) in [7, 11) is 0. The molecule has 0 N–H and O–H groups in total. The first-order valence-corrected chi connectivity index (χ1v) is 3.50. The first-order chi connectivity index (χ1) is 6.79. The second-order valence-corrected chi connectivity index (χ2v) is 2.23. The molecule has 0 amide bonds. The van der Waals surface area contributed by atoms with Gasteiger partial charge in [-0.3, -0.25) is 14.4 Å². The Morgan fingerprint density at radius 3 is 1.33 bits per heavy atom. The van der Waals surface area contributed by atoms with Gasteiger partial charge in [0.2, 0.25) is 0 Å². The summed E-state index contributed by atoms with van der Waals surface area (Å²) >= 11 is 5.61. The van der Waals surface area contributed by atoms with Crippen LogP contribution in [0.2, 0.25) is 5.02 Å². The SMILES string of the molecule is Cc1ccc(Cl)cc1.[C]=O.[C]=O.[C]=O.[Cr]. The summed E-state index contributed by atoms with van der Waals surface area (Å²) in [5.41, 5.74) is 1.24. The molecule has 0 bridgehead atoms. The first kappa shape index (κ1) is 23.7. The molecule has 0 atom stereocenters. The Hall–Kier alpha value is -0.948. The van der Waals surface area contributed by atoms with E-state index in [4.69, 9.17) is 26.0 Å². The number of benzene rings is 1. The summed E-state index contributed by atoms with van der Waals surface area (Å²) in [5.74, 6) is 0. The summed E-state index contributed by atoms with van der Waals surface area (Å²) < 4.78 is 0. The van der Waals surface area contributed by atoms with Crippen molar-refractivity contribution in [3.05, 3.63) is 34.9 Å². The van der Waals surface area contributed by atoms with E-state index in [-0.39, 0.29) is 17.4 Å². The van der Waals surface area contributed by atoms with Gasteiger partial charge in [0.15, 0.2) is 0 Å². The van der Waals surface area contributed by atoms with Crippen LogP contribution in [0.5, 0.6) is 0 Å². The van der Waals surface area contributed by atoms with Crippen molar-refractivity contribution < 1.29 is 31.7 Å². The topological polar surface area (TPSA) is 51.2 Å². The summed E-state index contributed by atoms with van der Waals surface area (Å²) in [5, 5.41) is 0.801. The number of halogens is 1. The Balaban J connectivity index is -0.0000000755. The van der Waals surface area contributed by atoms with Crippen LogP contribution >= 0.6 is 11.6 Å². The van der Waals surface area contributed by atoms with Gasteiger partial charge in [-0.05, 0) is 19.1 Å². The van der Waals surface area contributed by atoms with E-state index in [9.17, 15) is 0 Å². The fraction of sp³-hybridized carbons (Fsp3) is 0.100. The van der Waals surface area contributed by atoms with E-state index < -0.39 is 0 Å². The Morgan fingerprint density at radius 2 is 1.13 bits per heavy atom. The molecular weight excluding hydrogens is 256 g/mol. The summed E-state index contributed by atoms with van der Waals surface area (Å²) in [6, 6.07) is 7.75. The monoisotopic (exact) mass is 262 g/mol. The second-order valence-electron chi connectivity index (χ2n) is 1.80. The zero-order valence-corrected chi connectivity index (χ0v) is 9.85. The molecule has 15 heavy (non-hydrogen) atoms. The molecule has 6 radical (unpaired) electrons. The van der Waals surface area contributed by atoms with Crippen LogP contribution in [0.25, 0.3) is 0 Å². The average molecular weight is 263 g/mol. The third-order valence-electron chi connectivity index (χ3n) is 1.01. The van der Waals surface area contributed by atoms with Crippen molar-refractivity contribution in [2.24, 2.45) is 0 Å². The molecule has 0 fully saturated rings. The first-order valence-electron chi connectivity index (χ1n) is 3.12. The number of hydrogen-bond donors (Lipinski definition) is 0. The van der Waals surface area contributed by atoms with Crippen LogP contribution in [0, 0.1) is 6.92 Å². The molecule has 1 aromatic carbocycles. The maximum absolute atomic E-state index is 7.50. The van der Waals surface area contributed by atoms with Crippen molar-refractivity contribution in [3.8, 4) is 0 Å². The Kier molecular flexibility index (Phi) is 36.5. The van der Waals surface area contributed by atoms with Crippen LogP contribution in [0.4, 0.5) is 0 Å². The van der Waals surface area contributed by atoms with E-state index in [0.29, 0.717) is 0 Å². The molecule has 0 aliphatic carbocycles. The summed E-state index contributed by atoms with van der Waals surface area (Å²) in [4.78, 5) is 22.5. The van der Waals surface area contributed by atoms with Crippen molar-refractivity contribution >= 4 is 32.0 Å². The molecule has 1 rings (SSSR count). The third kappa shape index (κ3) is 19.5. The van der Waals surface area contributed by atoms with Gasteiger partial charge in [0.1, 0.15) is 0 Å². The maximum atomic E-state index is 7.50. The van der Waals surface area contributed by atoms with Crippen LogP contribution in [-0.4, -0.2) is 20.4 Å². The largest absolute Gasteiger partial charge is 0.281 e. The number of aryl methyl sites for hydroxylation is 1. The molecule has 5 heteroatoms. The van der Waals surface area contributed by atoms with E-state index >= 15 is 0 Å². The van der Waals surface area contributed by atoms with Crippen molar-refractivity contribution in [3.63, 3.8) is 0 Å². The fourth-order valence-electron chi connectivity index (χ4n) is 0.533. The van der Waals surface area contributed by atoms with E-state index in [1.54, 1.807) is 0 Å². The Labute approximate surface area is 106 Å². The van der Waals surface area contributed by atoms with E-state index in [2.05, 4.69) is 20.4 Å². The zero-order valence-electron chi connectivity index (χ0n) is 7.82. The Morgan fingerprint density at radius 1 is 0.867 bits per heavy atom. The normalized spacial score (nSPS) is 5.73. The van der Waals surface area contributed by atoms with Crippen molar-refractivity contribution in [1.82, 2.24) is 0 Å². The summed E-state index contributed by atoms with van der Waals surface area (Å²) in [6.07, 6.45) is 0. The molecule has 0 saturated heterocycles. The van der Waals surface area contributed by atoms with Gasteiger partial charge in [0.25, 0.3) is 20.4 Å². The van der Waals surface area contributed by atoms with Crippen molar-refractivity contribution in [2.75, 3.05) is 0 Å². The molecule has 0 unspecified atom stereocenters. The van der Waals surface area contributed by atoms with Crippen LogP contribution < -0.4 is 0 Å². The molecule has 1 aromatic rings. The number of carbonyl (C=O) groups excluding carboxylic acids is 3. The van der Waals surface area contributed by atoms with Gasteiger partial charge in [0, 0.05) is 22.4 Å². The van der Waals surface area contributed by atoms with Crippen molar-refractivity contribution in [2.45, 2.75) is 6.92 Å². The van der Waals surface area contributed by atoms with Gasteiger partial charge >= 0.3 is 0 Å². The van der Waals surface area contributed by atoms with E-state index in [0.717, 1.165) is 5.02 Å². The molecule has 0 spiro atoms. The van der Waals surface area contributed by atoms with Crippen LogP contribution in [0.15, 0.2) is 24.3 Å². The minimum Gasteiger partial charge on any atom is -0.281 e. The molecule has 0 aliphatic rings. The molecule has 0 saturated carbocycles. The van der Waals surface area contributed by atoms with Crippen LogP contribution in [-0.2, 0) is 31.7 Å². The Bertz CT molecular complexity index is 191. The molecule has 0 aromatic heterocycles. The minimum atomic E-state index is 0. The molecule has 78 valence electrons. The minimum absolute atomic E-state index is 0. The quantitative estimate of drug-likeness (QED) is 0.711. The third-order valence-corrected chi connectivity index (χ3v) is 1.26. The van der Waals surface area contributed by atoms with Gasteiger partial charge < -0.3 is 0 Å². The standard InChI is InChI=1S/C7H7Cl.3CO.Cr/c1-6-2-4-7(8)5-3-6;3*1-2;/h2-5H,1H3;;;;. The van der Waals surface area contributed by atoms with Gasteiger partial charge in [-0.2, -0.15) is 0 Å². The molecular formula is C10H7ClCrO3. The van der Waals surface area contributed by atoms with E-state index in [1.807, 2.05) is 31.2 Å². The smallest absolute Gasteiger partial charge is 0.281 e.